The molecular formula is C12H12N4O2. The van der Waals surface area contributed by atoms with Crippen LogP contribution >= 0.6 is 0 Å². The van der Waals surface area contributed by atoms with Gasteiger partial charge in [0.1, 0.15) is 5.69 Å². The third kappa shape index (κ3) is 1.38. The fraction of sp³-hybridized carbons (Fsp3) is 0.250. The Labute approximate surface area is 104 Å². The molecule has 1 amide bonds. The van der Waals surface area contributed by atoms with Crippen LogP contribution in [0.25, 0.3) is 5.69 Å². The number of aryl methyl sites for hydroxylation is 1. The Morgan fingerprint density at radius 1 is 1.50 bits per heavy atom. The van der Waals surface area contributed by atoms with Crippen molar-refractivity contribution >= 4 is 5.91 Å². The normalized spacial score (nSPS) is 13.3. The number of nitrogens with one attached hydrogen (secondary N) is 1. The first-order chi connectivity index (χ1) is 8.72. The molecule has 0 spiro atoms. The Morgan fingerprint density at radius 2 is 2.33 bits per heavy atom. The Kier molecular flexibility index (Phi) is 2.29. The molecule has 6 nitrogen and oxygen atoms in total. The molecule has 1 aliphatic rings. The number of aromatic nitrogens is 3. The first-order valence-corrected chi connectivity index (χ1v) is 5.58. The van der Waals surface area contributed by atoms with E-state index in [4.69, 9.17) is 4.74 Å². The standard InChI is InChI=1S/C12H12N4O2/c1-7-10-9(6-14-11(10)17)16(15-7)8-4-3-5-13-12(8)18-2/h3-5H,6H2,1-2H3,(H,14,17). The van der Waals surface area contributed by atoms with Gasteiger partial charge in [0.15, 0.2) is 0 Å². The monoisotopic (exact) mass is 244 g/mol. The topological polar surface area (TPSA) is 69.0 Å². The maximum Gasteiger partial charge on any atom is 0.255 e. The lowest BCUT2D eigenvalue weighted by Gasteiger charge is -2.08. The van der Waals surface area contributed by atoms with E-state index in [0.29, 0.717) is 23.7 Å². The van der Waals surface area contributed by atoms with Gasteiger partial charge in [0.25, 0.3) is 5.91 Å². The van der Waals surface area contributed by atoms with Crippen molar-refractivity contribution in [2.75, 3.05) is 7.11 Å². The number of amides is 1. The van der Waals surface area contributed by atoms with Crippen LogP contribution in [0, 0.1) is 6.92 Å². The number of methoxy groups -OCH3 is 1. The molecule has 0 atom stereocenters. The zero-order valence-electron chi connectivity index (χ0n) is 10.1. The van der Waals surface area contributed by atoms with Gasteiger partial charge in [-0.05, 0) is 19.1 Å². The maximum absolute atomic E-state index is 11.7. The molecule has 92 valence electrons. The highest BCUT2D eigenvalue weighted by molar-refractivity contribution is 5.99. The van der Waals surface area contributed by atoms with Crippen LogP contribution in [0.15, 0.2) is 18.3 Å². The van der Waals surface area contributed by atoms with Gasteiger partial charge in [0.2, 0.25) is 5.88 Å². The van der Waals surface area contributed by atoms with Crippen LogP contribution in [0.1, 0.15) is 21.7 Å². The Morgan fingerprint density at radius 3 is 3.11 bits per heavy atom. The SMILES string of the molecule is COc1ncccc1-n1nc(C)c2c1CNC2=O. The number of hydrogen-bond acceptors (Lipinski definition) is 4. The Balaban J connectivity index is 2.22. The summed E-state index contributed by atoms with van der Waals surface area (Å²) >= 11 is 0. The highest BCUT2D eigenvalue weighted by Gasteiger charge is 2.28. The Hall–Kier alpha value is -2.37. The van der Waals surface area contributed by atoms with Crippen LogP contribution in [0.5, 0.6) is 5.88 Å². The van der Waals surface area contributed by atoms with Crippen molar-refractivity contribution in [2.24, 2.45) is 0 Å². The molecule has 0 unspecified atom stereocenters. The molecule has 0 bridgehead atoms. The van der Waals surface area contributed by atoms with E-state index in [2.05, 4.69) is 15.4 Å². The highest BCUT2D eigenvalue weighted by Crippen LogP contribution is 2.26. The number of nitrogens with zero attached hydrogens (tertiary/aromatic N) is 3. The molecule has 0 radical (unpaired) electrons. The zero-order chi connectivity index (χ0) is 12.7. The molecule has 1 N–H and O–H groups in total. The average Bonchev–Trinajstić information content (AvgIpc) is 2.92. The summed E-state index contributed by atoms with van der Waals surface area (Å²) in [5, 5.41) is 7.19. The third-order valence-corrected chi connectivity index (χ3v) is 2.97. The second-order valence-electron chi connectivity index (χ2n) is 4.03. The minimum atomic E-state index is -0.0726. The van der Waals surface area contributed by atoms with Crippen molar-refractivity contribution in [3.05, 3.63) is 35.3 Å². The quantitative estimate of drug-likeness (QED) is 0.849. The molecule has 0 fully saturated rings. The smallest absolute Gasteiger partial charge is 0.255 e. The fourth-order valence-corrected chi connectivity index (χ4v) is 2.19. The van der Waals surface area contributed by atoms with Crippen LogP contribution in [-0.2, 0) is 6.54 Å². The largest absolute Gasteiger partial charge is 0.479 e. The minimum Gasteiger partial charge on any atom is -0.479 e. The number of carbonyl (C=O) groups excluding carboxylic acids is 1. The molecule has 0 saturated carbocycles. The van der Waals surface area contributed by atoms with E-state index < -0.39 is 0 Å². The molecule has 2 aromatic rings. The highest BCUT2D eigenvalue weighted by atomic mass is 16.5. The fourth-order valence-electron chi connectivity index (χ4n) is 2.19. The van der Waals surface area contributed by atoms with Crippen LogP contribution in [-0.4, -0.2) is 27.8 Å². The van der Waals surface area contributed by atoms with Gasteiger partial charge >= 0.3 is 0 Å². The van der Waals surface area contributed by atoms with Crippen molar-refractivity contribution in [1.29, 1.82) is 0 Å². The van der Waals surface area contributed by atoms with E-state index in [1.54, 1.807) is 18.0 Å². The predicted molar refractivity (Wildman–Crippen MR) is 63.8 cm³/mol. The van der Waals surface area contributed by atoms with Gasteiger partial charge in [-0.2, -0.15) is 5.10 Å². The van der Waals surface area contributed by atoms with Gasteiger partial charge in [0.05, 0.1) is 30.6 Å². The van der Waals surface area contributed by atoms with Crippen LogP contribution in [0.4, 0.5) is 0 Å². The van der Waals surface area contributed by atoms with Crippen LogP contribution < -0.4 is 10.1 Å². The molecular weight excluding hydrogens is 232 g/mol. The second kappa shape index (κ2) is 3.83. The van der Waals surface area contributed by atoms with Crippen LogP contribution in [0.3, 0.4) is 0 Å². The van der Waals surface area contributed by atoms with Gasteiger partial charge in [-0.3, -0.25) is 4.79 Å². The van der Waals surface area contributed by atoms with Crippen molar-refractivity contribution < 1.29 is 9.53 Å². The molecule has 18 heavy (non-hydrogen) atoms. The molecule has 6 heteroatoms. The van der Waals surface area contributed by atoms with E-state index in [9.17, 15) is 4.79 Å². The number of hydrogen-bond donors (Lipinski definition) is 1. The number of carbonyl (C=O) groups is 1. The summed E-state index contributed by atoms with van der Waals surface area (Å²) in [7, 11) is 1.56. The van der Waals surface area contributed by atoms with Crippen molar-refractivity contribution in [2.45, 2.75) is 13.5 Å². The van der Waals surface area contributed by atoms with Gasteiger partial charge in [0, 0.05) is 6.20 Å². The van der Waals surface area contributed by atoms with E-state index >= 15 is 0 Å². The summed E-state index contributed by atoms with van der Waals surface area (Å²) in [4.78, 5) is 15.8. The summed E-state index contributed by atoms with van der Waals surface area (Å²) < 4.78 is 6.93. The van der Waals surface area contributed by atoms with Crippen LogP contribution in [0.2, 0.25) is 0 Å². The molecule has 3 rings (SSSR count). The molecule has 2 aromatic heterocycles. The number of pyridine rings is 1. The summed E-state index contributed by atoms with van der Waals surface area (Å²) in [6.45, 7) is 2.30. The molecule has 1 aliphatic heterocycles. The second-order valence-corrected chi connectivity index (χ2v) is 4.03. The summed E-state index contributed by atoms with van der Waals surface area (Å²) in [5.74, 6) is 0.416. The van der Waals surface area contributed by atoms with E-state index in [1.165, 1.54) is 0 Å². The first kappa shape index (κ1) is 10.8. The minimum absolute atomic E-state index is 0.0726. The summed E-state index contributed by atoms with van der Waals surface area (Å²) in [6.07, 6.45) is 1.66. The average molecular weight is 244 g/mol. The molecule has 0 aliphatic carbocycles. The van der Waals surface area contributed by atoms with E-state index in [0.717, 1.165) is 11.4 Å². The summed E-state index contributed by atoms with van der Waals surface area (Å²) in [5.41, 5.74) is 2.96. The lowest BCUT2D eigenvalue weighted by molar-refractivity contribution is 0.0965. The molecule has 0 saturated heterocycles. The first-order valence-electron chi connectivity index (χ1n) is 5.58. The van der Waals surface area contributed by atoms with Gasteiger partial charge < -0.3 is 10.1 Å². The lowest BCUT2D eigenvalue weighted by Crippen LogP contribution is -2.15. The van der Waals surface area contributed by atoms with Crippen molar-refractivity contribution in [3.63, 3.8) is 0 Å². The maximum atomic E-state index is 11.7. The van der Waals surface area contributed by atoms with Crippen molar-refractivity contribution in [1.82, 2.24) is 20.1 Å². The number of fused-ring (bicyclic) bond motifs is 1. The molecule has 0 aromatic carbocycles. The van der Waals surface area contributed by atoms with E-state index in [-0.39, 0.29) is 5.91 Å². The van der Waals surface area contributed by atoms with Gasteiger partial charge in [-0.1, -0.05) is 0 Å². The van der Waals surface area contributed by atoms with Gasteiger partial charge in [-0.15, -0.1) is 0 Å². The zero-order valence-corrected chi connectivity index (χ0v) is 10.1. The van der Waals surface area contributed by atoms with E-state index in [1.807, 2.05) is 19.1 Å². The molecule has 3 heterocycles. The number of rotatable bonds is 2. The van der Waals surface area contributed by atoms with Crippen molar-refractivity contribution in [3.8, 4) is 11.6 Å². The number of ether oxygens (including phenoxy) is 1. The third-order valence-electron chi connectivity index (χ3n) is 2.97. The lowest BCUT2D eigenvalue weighted by atomic mass is 10.2. The summed E-state index contributed by atoms with van der Waals surface area (Å²) in [6, 6.07) is 3.67. The Bertz CT molecular complexity index is 633. The predicted octanol–water partition coefficient (Wildman–Crippen LogP) is 0.828. The van der Waals surface area contributed by atoms with Gasteiger partial charge in [-0.25, -0.2) is 9.67 Å².